The minimum absolute atomic E-state index is 0.149. The van der Waals surface area contributed by atoms with Crippen molar-refractivity contribution in [2.75, 3.05) is 0 Å². The molecule has 0 radical (unpaired) electrons. The Labute approximate surface area is 113 Å². The fourth-order valence-corrected chi connectivity index (χ4v) is 1.80. The first-order valence-electron chi connectivity index (χ1n) is 6.38. The molecule has 1 aromatic heterocycles. The minimum Gasteiger partial charge on any atom is -0.459 e. The van der Waals surface area contributed by atoms with Gasteiger partial charge in [0.2, 0.25) is 0 Å². The van der Waals surface area contributed by atoms with Crippen LogP contribution in [0.25, 0.3) is 0 Å². The molecule has 0 aliphatic rings. The lowest BCUT2D eigenvalue weighted by molar-refractivity contribution is 0.0923. The molecule has 0 saturated carbocycles. The standard InChI is InChI=1S/C16H19NO2/c1-16(2,3)13-8-6-12(7-9-13)11-17-15(18)14-5-4-10-19-14/h4-10H,11H2,1-3H3,(H,17,18). The van der Waals surface area contributed by atoms with Gasteiger partial charge in [0, 0.05) is 6.54 Å². The molecule has 2 rings (SSSR count). The van der Waals surface area contributed by atoms with Gasteiger partial charge in [-0.25, -0.2) is 0 Å². The molecule has 3 heteroatoms. The lowest BCUT2D eigenvalue weighted by atomic mass is 9.87. The van der Waals surface area contributed by atoms with Gasteiger partial charge in [0.1, 0.15) is 0 Å². The highest BCUT2D eigenvalue weighted by Gasteiger charge is 2.13. The van der Waals surface area contributed by atoms with E-state index >= 15 is 0 Å². The average Bonchev–Trinajstić information content (AvgIpc) is 2.89. The minimum atomic E-state index is -0.190. The van der Waals surface area contributed by atoms with E-state index in [1.54, 1.807) is 12.1 Å². The van der Waals surface area contributed by atoms with Gasteiger partial charge < -0.3 is 9.73 Å². The molecule has 1 N–H and O–H groups in total. The van der Waals surface area contributed by atoms with Gasteiger partial charge in [-0.2, -0.15) is 0 Å². The van der Waals surface area contributed by atoms with Gasteiger partial charge in [0.15, 0.2) is 5.76 Å². The van der Waals surface area contributed by atoms with E-state index in [-0.39, 0.29) is 11.3 Å². The van der Waals surface area contributed by atoms with Crippen LogP contribution in [-0.4, -0.2) is 5.91 Å². The van der Waals surface area contributed by atoms with E-state index in [1.165, 1.54) is 11.8 Å². The fourth-order valence-electron chi connectivity index (χ4n) is 1.80. The van der Waals surface area contributed by atoms with Crippen LogP contribution in [0.3, 0.4) is 0 Å². The summed E-state index contributed by atoms with van der Waals surface area (Å²) in [6.45, 7) is 7.05. The zero-order valence-electron chi connectivity index (χ0n) is 11.6. The van der Waals surface area contributed by atoms with Gasteiger partial charge in [0.05, 0.1) is 6.26 Å². The Balaban J connectivity index is 1.95. The molecule has 0 aliphatic heterocycles. The molecule has 1 heterocycles. The summed E-state index contributed by atoms with van der Waals surface area (Å²) in [7, 11) is 0. The second-order valence-corrected chi connectivity index (χ2v) is 5.61. The topological polar surface area (TPSA) is 42.2 Å². The van der Waals surface area contributed by atoms with Gasteiger partial charge in [-0.1, -0.05) is 45.0 Å². The number of carbonyl (C=O) groups excluding carboxylic acids is 1. The molecule has 19 heavy (non-hydrogen) atoms. The van der Waals surface area contributed by atoms with Crippen molar-refractivity contribution >= 4 is 5.91 Å². The van der Waals surface area contributed by atoms with E-state index in [2.05, 4.69) is 38.2 Å². The summed E-state index contributed by atoms with van der Waals surface area (Å²) >= 11 is 0. The number of hydrogen-bond acceptors (Lipinski definition) is 2. The van der Waals surface area contributed by atoms with Crippen LogP contribution < -0.4 is 5.32 Å². The van der Waals surface area contributed by atoms with E-state index in [0.717, 1.165) is 5.56 Å². The predicted molar refractivity (Wildman–Crippen MR) is 75.0 cm³/mol. The fraction of sp³-hybridized carbons (Fsp3) is 0.312. The number of benzene rings is 1. The lowest BCUT2D eigenvalue weighted by Gasteiger charge is -2.19. The number of carbonyl (C=O) groups is 1. The van der Waals surface area contributed by atoms with E-state index < -0.39 is 0 Å². The molecule has 2 aromatic rings. The molecule has 0 spiro atoms. The summed E-state index contributed by atoms with van der Waals surface area (Å²) in [5.74, 6) is 0.149. The van der Waals surface area contributed by atoms with Crippen LogP contribution >= 0.6 is 0 Å². The van der Waals surface area contributed by atoms with Crippen LogP contribution in [0.1, 0.15) is 42.5 Å². The number of nitrogens with one attached hydrogen (secondary N) is 1. The zero-order chi connectivity index (χ0) is 13.9. The Morgan fingerprint density at radius 1 is 1.16 bits per heavy atom. The molecule has 0 unspecified atom stereocenters. The van der Waals surface area contributed by atoms with E-state index in [4.69, 9.17) is 4.42 Å². The maximum absolute atomic E-state index is 11.7. The molecule has 100 valence electrons. The third-order valence-electron chi connectivity index (χ3n) is 3.02. The van der Waals surface area contributed by atoms with Crippen molar-refractivity contribution in [3.8, 4) is 0 Å². The van der Waals surface area contributed by atoms with Crippen LogP contribution in [0.5, 0.6) is 0 Å². The maximum Gasteiger partial charge on any atom is 0.287 e. The molecular formula is C16H19NO2. The predicted octanol–water partition coefficient (Wildman–Crippen LogP) is 3.51. The van der Waals surface area contributed by atoms with Crippen LogP contribution in [0.15, 0.2) is 47.1 Å². The smallest absolute Gasteiger partial charge is 0.287 e. The Morgan fingerprint density at radius 2 is 1.84 bits per heavy atom. The van der Waals surface area contributed by atoms with Gasteiger partial charge >= 0.3 is 0 Å². The molecule has 1 amide bonds. The third-order valence-corrected chi connectivity index (χ3v) is 3.02. The van der Waals surface area contributed by atoms with Gasteiger partial charge in [-0.05, 0) is 28.7 Å². The molecular weight excluding hydrogens is 238 g/mol. The summed E-state index contributed by atoms with van der Waals surface area (Å²) in [5, 5.41) is 2.83. The van der Waals surface area contributed by atoms with Crippen molar-refractivity contribution in [2.45, 2.75) is 32.7 Å². The number of hydrogen-bond donors (Lipinski definition) is 1. The Kier molecular flexibility index (Phi) is 3.74. The van der Waals surface area contributed by atoms with E-state index in [0.29, 0.717) is 12.3 Å². The van der Waals surface area contributed by atoms with Crippen molar-refractivity contribution < 1.29 is 9.21 Å². The van der Waals surface area contributed by atoms with Crippen molar-refractivity contribution in [1.82, 2.24) is 5.32 Å². The first kappa shape index (κ1) is 13.4. The van der Waals surface area contributed by atoms with Crippen molar-refractivity contribution in [3.05, 3.63) is 59.5 Å². The van der Waals surface area contributed by atoms with Crippen LogP contribution in [0.4, 0.5) is 0 Å². The number of amides is 1. The number of furan rings is 1. The van der Waals surface area contributed by atoms with Gasteiger partial charge in [-0.3, -0.25) is 4.79 Å². The molecule has 0 aliphatic carbocycles. The summed E-state index contributed by atoms with van der Waals surface area (Å²) in [4.78, 5) is 11.7. The molecule has 0 fully saturated rings. The normalized spacial score (nSPS) is 11.3. The van der Waals surface area contributed by atoms with Gasteiger partial charge in [0.25, 0.3) is 5.91 Å². The highest BCUT2D eigenvalue weighted by atomic mass is 16.3. The first-order valence-corrected chi connectivity index (χ1v) is 6.38. The molecule has 0 saturated heterocycles. The van der Waals surface area contributed by atoms with E-state index in [1.807, 2.05) is 12.1 Å². The van der Waals surface area contributed by atoms with E-state index in [9.17, 15) is 4.79 Å². The molecule has 1 aromatic carbocycles. The SMILES string of the molecule is CC(C)(C)c1ccc(CNC(=O)c2ccco2)cc1. The molecule has 0 atom stereocenters. The summed E-state index contributed by atoms with van der Waals surface area (Å²) < 4.78 is 5.04. The summed E-state index contributed by atoms with van der Waals surface area (Å²) in [6.07, 6.45) is 1.49. The molecule has 3 nitrogen and oxygen atoms in total. The lowest BCUT2D eigenvalue weighted by Crippen LogP contribution is -2.22. The zero-order valence-corrected chi connectivity index (χ0v) is 11.6. The quantitative estimate of drug-likeness (QED) is 0.914. The van der Waals surface area contributed by atoms with Crippen molar-refractivity contribution in [3.63, 3.8) is 0 Å². The maximum atomic E-state index is 11.7. The second kappa shape index (κ2) is 5.31. The number of rotatable bonds is 3. The average molecular weight is 257 g/mol. The highest BCUT2D eigenvalue weighted by Crippen LogP contribution is 2.22. The largest absolute Gasteiger partial charge is 0.459 e. The monoisotopic (exact) mass is 257 g/mol. The highest BCUT2D eigenvalue weighted by molar-refractivity contribution is 5.91. The van der Waals surface area contributed by atoms with Crippen LogP contribution in [-0.2, 0) is 12.0 Å². The van der Waals surface area contributed by atoms with Crippen molar-refractivity contribution in [2.24, 2.45) is 0 Å². The van der Waals surface area contributed by atoms with Gasteiger partial charge in [-0.15, -0.1) is 0 Å². The Morgan fingerprint density at radius 3 is 2.37 bits per heavy atom. The third kappa shape index (κ3) is 3.47. The summed E-state index contributed by atoms with van der Waals surface area (Å²) in [6, 6.07) is 11.7. The second-order valence-electron chi connectivity index (χ2n) is 5.61. The summed E-state index contributed by atoms with van der Waals surface area (Å²) in [5.41, 5.74) is 2.51. The van der Waals surface area contributed by atoms with Crippen LogP contribution in [0.2, 0.25) is 0 Å². The Bertz CT molecular complexity index is 533. The molecule has 0 bridgehead atoms. The van der Waals surface area contributed by atoms with Crippen LogP contribution in [0, 0.1) is 0 Å². The first-order chi connectivity index (χ1) is 8.97. The van der Waals surface area contributed by atoms with Crippen molar-refractivity contribution in [1.29, 1.82) is 0 Å². The Hall–Kier alpha value is -2.03.